The van der Waals surface area contributed by atoms with Crippen LogP contribution in [0, 0.1) is 17.0 Å². The minimum atomic E-state index is -1.20. The van der Waals surface area contributed by atoms with E-state index in [0.717, 1.165) is 11.2 Å². The average Bonchev–Trinajstić information content (AvgIpc) is 3.44. The molecule has 0 radical (unpaired) electrons. The van der Waals surface area contributed by atoms with Gasteiger partial charge in [-0.1, -0.05) is 23.1 Å². The number of carboxylic acids is 1. The number of carbonyl (C=O) groups is 3. The Labute approximate surface area is 210 Å². The molecular weight excluding hydrogens is 522 g/mol. The van der Waals surface area contributed by atoms with E-state index < -0.39 is 34.1 Å². The number of nitrogens with one attached hydrogen (secondary N) is 1. The first kappa shape index (κ1) is 24.9. The Hall–Kier alpha value is -3.18. The zero-order valence-electron chi connectivity index (χ0n) is 18.4. The van der Waals surface area contributed by atoms with Crippen LogP contribution in [-0.4, -0.2) is 82.7 Å². The summed E-state index contributed by atoms with van der Waals surface area (Å²) in [6, 6.07) is -0.858. The van der Waals surface area contributed by atoms with Gasteiger partial charge in [0.05, 0.1) is 18.6 Å². The summed E-state index contributed by atoms with van der Waals surface area (Å²) in [4.78, 5) is 48.7. The fourth-order valence-corrected chi connectivity index (χ4v) is 6.82. The Kier molecular flexibility index (Phi) is 7.27. The molecule has 186 valence electrons. The summed E-state index contributed by atoms with van der Waals surface area (Å²) in [5, 5.41) is 35.5. The Morgan fingerprint density at radius 3 is 2.80 bits per heavy atom. The predicted molar refractivity (Wildman–Crippen MR) is 125 cm³/mol. The van der Waals surface area contributed by atoms with E-state index in [0.29, 0.717) is 21.4 Å². The fourth-order valence-electron chi connectivity index (χ4n) is 3.52. The molecule has 0 aromatic carbocycles. The second-order valence-electron chi connectivity index (χ2n) is 7.38. The van der Waals surface area contributed by atoms with Crippen molar-refractivity contribution in [3.63, 3.8) is 0 Å². The highest BCUT2D eigenvalue weighted by atomic mass is 32.2. The van der Waals surface area contributed by atoms with Crippen molar-refractivity contribution in [1.82, 2.24) is 30.2 Å². The van der Waals surface area contributed by atoms with E-state index in [2.05, 4.69) is 20.6 Å². The maximum Gasteiger partial charge on any atom is 0.352 e. The third kappa shape index (κ3) is 5.10. The highest BCUT2D eigenvalue weighted by molar-refractivity contribution is 8.01. The van der Waals surface area contributed by atoms with Crippen molar-refractivity contribution in [1.29, 1.82) is 0 Å². The number of fused-ring (bicyclic) bond motifs is 1. The number of hydrogen-bond donors (Lipinski definition) is 2. The van der Waals surface area contributed by atoms with Crippen molar-refractivity contribution in [3.8, 4) is 5.88 Å². The van der Waals surface area contributed by atoms with Crippen molar-refractivity contribution in [2.45, 2.75) is 35.6 Å². The van der Waals surface area contributed by atoms with Crippen molar-refractivity contribution in [2.24, 2.45) is 0 Å². The predicted octanol–water partition coefficient (Wildman–Crippen LogP) is 0.881. The summed E-state index contributed by atoms with van der Waals surface area (Å²) < 4.78 is 6.79. The average molecular weight is 542 g/mol. The fraction of sp³-hybridized carbons (Fsp3) is 0.444. The number of carbonyl (C=O) groups excluding carboxylic acids is 2. The maximum absolute atomic E-state index is 12.8. The number of nitro groups is 1. The molecule has 0 saturated carbocycles. The number of aliphatic carboxylic acids is 1. The Bertz CT molecular complexity index is 1230. The van der Waals surface area contributed by atoms with Crippen LogP contribution in [0.4, 0.5) is 5.69 Å². The number of thioether (sulfide) groups is 2. The maximum atomic E-state index is 12.8. The molecule has 1 fully saturated rings. The lowest BCUT2D eigenvalue weighted by molar-refractivity contribution is -0.385. The first-order chi connectivity index (χ1) is 16.7. The van der Waals surface area contributed by atoms with Gasteiger partial charge in [-0.2, -0.15) is 0 Å². The van der Waals surface area contributed by atoms with Crippen LogP contribution in [0.2, 0.25) is 0 Å². The lowest BCUT2D eigenvalue weighted by Crippen LogP contribution is -2.70. The topological polar surface area (TPSA) is 183 Å². The number of ether oxygens (including phenoxy) is 1. The van der Waals surface area contributed by atoms with Gasteiger partial charge in [-0.25, -0.2) is 4.79 Å². The van der Waals surface area contributed by atoms with Crippen LogP contribution in [0.5, 0.6) is 5.88 Å². The molecule has 2 atom stereocenters. The first-order valence-electron chi connectivity index (χ1n) is 10.1. The van der Waals surface area contributed by atoms with Gasteiger partial charge in [-0.05, 0) is 12.5 Å². The van der Waals surface area contributed by atoms with E-state index in [-0.39, 0.29) is 30.2 Å². The largest absolute Gasteiger partial charge is 0.477 e. The first-order valence-corrected chi connectivity index (χ1v) is 12.9. The molecule has 4 heterocycles. The number of aromatic nitrogens is 4. The SMILES string of the molecule is COc1nn(CCC(=O)N[C@H]2C(=O)N3C(C(=O)O)=C(CSc4nnc(C)s4)CS[C@@H]23)cc1[N+](=O)[O-]. The molecule has 0 bridgehead atoms. The molecule has 2 amide bonds. The number of methoxy groups -OCH3 is 1. The van der Waals surface area contributed by atoms with Crippen LogP contribution in [0.1, 0.15) is 11.4 Å². The van der Waals surface area contributed by atoms with Gasteiger partial charge in [-0.15, -0.1) is 27.1 Å². The van der Waals surface area contributed by atoms with Gasteiger partial charge < -0.3 is 15.2 Å². The molecular formula is C18H19N7O7S3. The van der Waals surface area contributed by atoms with E-state index in [1.165, 1.54) is 51.6 Å². The van der Waals surface area contributed by atoms with Crippen LogP contribution in [0.25, 0.3) is 0 Å². The summed E-state index contributed by atoms with van der Waals surface area (Å²) in [7, 11) is 1.25. The van der Waals surface area contributed by atoms with Gasteiger partial charge in [0.25, 0.3) is 5.91 Å². The molecule has 0 aliphatic carbocycles. The summed E-state index contributed by atoms with van der Waals surface area (Å²) in [6.07, 6.45) is 1.07. The normalized spacial score (nSPS) is 19.3. The molecule has 17 heteroatoms. The molecule has 2 aromatic rings. The molecule has 14 nitrogen and oxygen atoms in total. The molecule has 35 heavy (non-hydrogen) atoms. The van der Waals surface area contributed by atoms with Crippen molar-refractivity contribution in [3.05, 3.63) is 32.6 Å². The summed E-state index contributed by atoms with van der Waals surface area (Å²) in [5.41, 5.74) is 0.220. The van der Waals surface area contributed by atoms with Crippen molar-refractivity contribution >= 4 is 58.3 Å². The molecule has 2 aliphatic rings. The number of β-lactam (4-membered cyclic amide) rings is 1. The zero-order chi connectivity index (χ0) is 25.3. The summed E-state index contributed by atoms with van der Waals surface area (Å²) in [5.74, 6) is -1.58. The van der Waals surface area contributed by atoms with Gasteiger partial charge >= 0.3 is 17.5 Å². The number of carboxylic acid groups (broad SMARTS) is 1. The van der Waals surface area contributed by atoms with Gasteiger partial charge in [0.2, 0.25) is 5.91 Å². The van der Waals surface area contributed by atoms with Gasteiger partial charge in [0.15, 0.2) is 4.34 Å². The third-order valence-corrected chi connectivity index (χ3v) is 8.51. The van der Waals surface area contributed by atoms with Crippen LogP contribution < -0.4 is 10.1 Å². The quantitative estimate of drug-likeness (QED) is 0.188. The number of aryl methyl sites for hydroxylation is 2. The molecule has 2 aliphatic heterocycles. The molecule has 0 spiro atoms. The van der Waals surface area contributed by atoms with Crippen molar-refractivity contribution in [2.75, 3.05) is 18.6 Å². The lowest BCUT2D eigenvalue weighted by Gasteiger charge is -2.49. The highest BCUT2D eigenvalue weighted by Gasteiger charge is 2.54. The molecule has 2 N–H and O–H groups in total. The summed E-state index contributed by atoms with van der Waals surface area (Å²) in [6.45, 7) is 1.86. The number of hydrogen-bond acceptors (Lipinski definition) is 12. The zero-order valence-corrected chi connectivity index (χ0v) is 20.8. The van der Waals surface area contributed by atoms with E-state index in [1.54, 1.807) is 0 Å². The van der Waals surface area contributed by atoms with Crippen LogP contribution >= 0.6 is 34.9 Å². The number of rotatable bonds is 10. The third-order valence-electron chi connectivity index (χ3n) is 5.11. The standard InChI is InChI=1S/C18H19N7O7S3/c1-8-20-21-18(35-8)34-7-9-6-33-16-12(15(27)24(16)13(9)17(28)29)19-11(26)3-4-23-5-10(25(30)31)14(22-23)32-2/h5,12,16H,3-4,6-7H2,1-2H3,(H,19,26)(H,28,29)/t12-,16-/m0/s1. The van der Waals surface area contributed by atoms with E-state index in [1.807, 2.05) is 6.92 Å². The van der Waals surface area contributed by atoms with Crippen LogP contribution in [0.15, 0.2) is 21.8 Å². The van der Waals surface area contributed by atoms with Gasteiger partial charge in [0, 0.05) is 17.9 Å². The number of amides is 2. The second kappa shape index (κ2) is 10.2. The highest BCUT2D eigenvalue weighted by Crippen LogP contribution is 2.41. The molecule has 1 saturated heterocycles. The summed E-state index contributed by atoms with van der Waals surface area (Å²) >= 11 is 4.15. The van der Waals surface area contributed by atoms with Gasteiger partial charge in [-0.3, -0.25) is 29.3 Å². The van der Waals surface area contributed by atoms with E-state index in [9.17, 15) is 29.6 Å². The minimum Gasteiger partial charge on any atom is -0.477 e. The van der Waals surface area contributed by atoms with Crippen molar-refractivity contribution < 1.29 is 29.2 Å². The Morgan fingerprint density at radius 1 is 1.43 bits per heavy atom. The lowest BCUT2D eigenvalue weighted by atomic mass is 10.0. The van der Waals surface area contributed by atoms with E-state index in [4.69, 9.17) is 4.74 Å². The Balaban J connectivity index is 1.36. The smallest absolute Gasteiger partial charge is 0.352 e. The van der Waals surface area contributed by atoms with Gasteiger partial charge in [0.1, 0.15) is 28.3 Å². The second-order valence-corrected chi connectivity index (χ2v) is 10.9. The Morgan fingerprint density at radius 2 is 2.20 bits per heavy atom. The monoisotopic (exact) mass is 541 g/mol. The van der Waals surface area contributed by atoms with Crippen LogP contribution in [-0.2, 0) is 20.9 Å². The number of nitrogens with zero attached hydrogens (tertiary/aromatic N) is 6. The molecule has 4 rings (SSSR count). The minimum absolute atomic E-state index is 0.0329. The van der Waals surface area contributed by atoms with Crippen LogP contribution in [0.3, 0.4) is 0 Å². The molecule has 0 unspecified atom stereocenters. The van der Waals surface area contributed by atoms with E-state index >= 15 is 0 Å². The molecule has 2 aromatic heterocycles.